The number of sulfonamides is 1. The zero-order chi connectivity index (χ0) is 28.9. The number of anilines is 5. The molecule has 0 aliphatic heterocycles. The molecule has 1 aromatic heterocycles. The predicted octanol–water partition coefficient (Wildman–Crippen LogP) is 6.03. The van der Waals surface area contributed by atoms with Crippen LogP contribution >= 0.6 is 11.6 Å². The van der Waals surface area contributed by atoms with Gasteiger partial charge in [0.05, 0.1) is 17.4 Å². The van der Waals surface area contributed by atoms with Gasteiger partial charge in [0.1, 0.15) is 16.5 Å². The van der Waals surface area contributed by atoms with Gasteiger partial charge in [0.25, 0.3) is 5.91 Å². The molecule has 208 valence electrons. The number of amides is 1. The first kappa shape index (κ1) is 28.4. The molecular weight excluding hydrogens is 573 g/mol. The van der Waals surface area contributed by atoms with Gasteiger partial charge in [-0.2, -0.15) is 26.6 Å². The fraction of sp³-hybridized carbons (Fsp3) is 0.0800. The zero-order valence-electron chi connectivity index (χ0n) is 20.5. The maximum absolute atomic E-state index is 12.5. The molecule has 4 aromatic rings. The van der Waals surface area contributed by atoms with Crippen LogP contribution in [-0.2, 0) is 10.0 Å². The number of ether oxygens (including phenoxy) is 1. The van der Waals surface area contributed by atoms with Crippen molar-refractivity contribution in [3.05, 3.63) is 89.6 Å². The lowest BCUT2D eigenvalue weighted by Crippen LogP contribution is -2.29. The van der Waals surface area contributed by atoms with Crippen molar-refractivity contribution in [1.29, 1.82) is 0 Å². The van der Waals surface area contributed by atoms with E-state index in [-0.39, 0.29) is 34.1 Å². The van der Waals surface area contributed by atoms with Gasteiger partial charge in [0.15, 0.2) is 5.82 Å². The van der Waals surface area contributed by atoms with Crippen molar-refractivity contribution in [3.8, 4) is 11.5 Å². The molecule has 1 amide bonds. The Hall–Kier alpha value is -4.56. The van der Waals surface area contributed by atoms with Gasteiger partial charge in [0, 0.05) is 18.4 Å². The normalized spacial score (nSPS) is 11.4. The smallest absolute Gasteiger partial charge is 0.457 e. The van der Waals surface area contributed by atoms with Crippen molar-refractivity contribution in [2.75, 3.05) is 22.4 Å². The van der Waals surface area contributed by atoms with E-state index >= 15 is 0 Å². The summed E-state index contributed by atoms with van der Waals surface area (Å²) in [6, 6.07) is 18.4. The van der Waals surface area contributed by atoms with E-state index in [4.69, 9.17) is 16.3 Å². The lowest BCUT2D eigenvalue weighted by Gasteiger charge is -2.13. The van der Waals surface area contributed by atoms with Crippen LogP contribution in [0.25, 0.3) is 0 Å². The van der Waals surface area contributed by atoms with Crippen LogP contribution in [-0.4, -0.2) is 36.8 Å². The van der Waals surface area contributed by atoms with E-state index < -0.39 is 15.5 Å². The molecule has 0 atom stereocenters. The molecule has 1 heterocycles. The summed E-state index contributed by atoms with van der Waals surface area (Å²) < 4.78 is 67.1. The van der Waals surface area contributed by atoms with E-state index in [9.17, 15) is 26.4 Å². The van der Waals surface area contributed by atoms with E-state index in [1.165, 1.54) is 30.1 Å². The van der Waals surface area contributed by atoms with E-state index in [1.54, 1.807) is 48.5 Å². The zero-order valence-corrected chi connectivity index (χ0v) is 22.0. The second-order valence-electron chi connectivity index (χ2n) is 7.97. The number of carbonyl (C=O) groups is 1. The highest BCUT2D eigenvalue weighted by Crippen LogP contribution is 2.30. The molecule has 0 bridgehead atoms. The van der Waals surface area contributed by atoms with Crippen LogP contribution in [0.2, 0.25) is 5.02 Å². The largest absolute Gasteiger partial charge is 0.516 e. The lowest BCUT2D eigenvalue weighted by atomic mass is 10.1. The Labute approximate surface area is 231 Å². The maximum Gasteiger partial charge on any atom is 0.516 e. The summed E-state index contributed by atoms with van der Waals surface area (Å²) in [4.78, 5) is 20.7. The molecule has 0 fully saturated rings. The Morgan fingerprint density at radius 2 is 1.50 bits per heavy atom. The van der Waals surface area contributed by atoms with Crippen LogP contribution in [0.1, 0.15) is 10.4 Å². The molecule has 0 saturated heterocycles. The van der Waals surface area contributed by atoms with Crippen LogP contribution in [0.15, 0.2) is 79.0 Å². The molecule has 0 saturated carbocycles. The average molecular weight is 593 g/mol. The number of nitrogens with one attached hydrogen (secondary N) is 4. The van der Waals surface area contributed by atoms with Crippen molar-refractivity contribution < 1.29 is 31.1 Å². The molecule has 0 unspecified atom stereocenters. The number of benzene rings is 3. The van der Waals surface area contributed by atoms with E-state index in [0.717, 1.165) is 12.1 Å². The summed E-state index contributed by atoms with van der Waals surface area (Å²) in [5, 5.41) is 8.88. The quantitative estimate of drug-likeness (QED) is 0.185. The highest BCUT2D eigenvalue weighted by molar-refractivity contribution is 7.93. The molecule has 0 spiro atoms. The summed E-state index contributed by atoms with van der Waals surface area (Å²) in [5.41, 5.74) is -4.19. The fourth-order valence-corrected chi connectivity index (χ4v) is 3.94. The molecule has 3 aromatic carbocycles. The number of carbonyl (C=O) groups excluding carboxylic acids is 1. The average Bonchev–Trinajstić information content (AvgIpc) is 2.92. The van der Waals surface area contributed by atoms with Crippen LogP contribution in [0.4, 0.5) is 42.0 Å². The second kappa shape index (κ2) is 11.7. The third-order valence-electron chi connectivity index (χ3n) is 5.15. The van der Waals surface area contributed by atoms with Crippen LogP contribution in [0.3, 0.4) is 0 Å². The molecule has 4 rings (SSSR count). The SMILES string of the molecule is CNC(=O)c1ccccc1Nc1nc(Nc2ccc(Oc3ccc(NS(=O)(=O)C(F)(F)F)cc3)cc2)ncc1Cl. The Kier molecular flexibility index (Phi) is 8.30. The third kappa shape index (κ3) is 6.90. The van der Waals surface area contributed by atoms with Gasteiger partial charge in [-0.1, -0.05) is 23.7 Å². The number of hydrogen-bond donors (Lipinski definition) is 4. The molecule has 15 heteroatoms. The minimum Gasteiger partial charge on any atom is -0.457 e. The fourth-order valence-electron chi connectivity index (χ4n) is 3.24. The number of alkyl halides is 3. The second-order valence-corrected chi connectivity index (χ2v) is 10.0. The number of aromatic nitrogens is 2. The van der Waals surface area contributed by atoms with Crippen LogP contribution < -0.4 is 25.4 Å². The molecule has 0 aliphatic rings. The molecule has 10 nitrogen and oxygen atoms in total. The van der Waals surface area contributed by atoms with Gasteiger partial charge in [-0.25, -0.2) is 4.98 Å². The summed E-state index contributed by atoms with van der Waals surface area (Å²) in [5.74, 6) is 0.881. The van der Waals surface area contributed by atoms with Crippen molar-refractivity contribution in [2.45, 2.75) is 5.51 Å². The minimum absolute atomic E-state index is 0.217. The van der Waals surface area contributed by atoms with Crippen LogP contribution in [0.5, 0.6) is 11.5 Å². The third-order valence-corrected chi connectivity index (χ3v) is 6.54. The van der Waals surface area contributed by atoms with Gasteiger partial charge in [-0.05, 0) is 60.7 Å². The molecule has 40 heavy (non-hydrogen) atoms. The Morgan fingerprint density at radius 1 is 0.900 bits per heavy atom. The van der Waals surface area contributed by atoms with Gasteiger partial charge in [-0.3, -0.25) is 9.52 Å². The number of rotatable bonds is 9. The first-order chi connectivity index (χ1) is 18.9. The van der Waals surface area contributed by atoms with Gasteiger partial charge in [0.2, 0.25) is 5.95 Å². The van der Waals surface area contributed by atoms with Gasteiger partial charge >= 0.3 is 15.5 Å². The Balaban J connectivity index is 1.41. The Bertz CT molecular complexity index is 1620. The number of para-hydroxylation sites is 1. The minimum atomic E-state index is -5.52. The van der Waals surface area contributed by atoms with Crippen molar-refractivity contribution >= 4 is 56.4 Å². The van der Waals surface area contributed by atoms with Crippen molar-refractivity contribution in [2.24, 2.45) is 0 Å². The standard InChI is InChI=1S/C25H20ClF3N6O4S/c1-30-23(36)19-4-2-3-5-21(19)33-22-20(26)14-31-24(34-22)32-15-6-10-17(11-7-15)39-18-12-8-16(9-13-18)35-40(37,38)25(27,28)29/h2-14,35H,1H3,(H,30,36)(H2,31,32,33,34). The maximum atomic E-state index is 12.5. The number of halogens is 4. The van der Waals surface area contributed by atoms with Crippen molar-refractivity contribution in [1.82, 2.24) is 15.3 Å². The number of hydrogen-bond acceptors (Lipinski definition) is 8. The monoisotopic (exact) mass is 592 g/mol. The topological polar surface area (TPSA) is 134 Å². The molecule has 0 aliphatic carbocycles. The summed E-state index contributed by atoms with van der Waals surface area (Å²) in [7, 11) is -3.99. The summed E-state index contributed by atoms with van der Waals surface area (Å²) in [6.07, 6.45) is 1.40. The highest BCUT2D eigenvalue weighted by atomic mass is 35.5. The molecule has 0 radical (unpaired) electrons. The van der Waals surface area contributed by atoms with Gasteiger partial charge < -0.3 is 20.7 Å². The Morgan fingerprint density at radius 3 is 2.10 bits per heavy atom. The first-order valence-electron chi connectivity index (χ1n) is 11.3. The summed E-state index contributed by atoms with van der Waals surface area (Å²) >= 11 is 6.26. The van der Waals surface area contributed by atoms with Crippen LogP contribution in [0, 0.1) is 0 Å². The van der Waals surface area contributed by atoms with E-state index in [2.05, 4.69) is 25.9 Å². The molecular formula is C25H20ClF3N6O4S. The van der Waals surface area contributed by atoms with E-state index in [0.29, 0.717) is 22.7 Å². The summed E-state index contributed by atoms with van der Waals surface area (Å²) in [6.45, 7) is 0. The highest BCUT2D eigenvalue weighted by Gasteiger charge is 2.46. The molecule has 4 N–H and O–H groups in total. The predicted molar refractivity (Wildman–Crippen MR) is 145 cm³/mol. The van der Waals surface area contributed by atoms with Crippen molar-refractivity contribution in [3.63, 3.8) is 0 Å². The first-order valence-corrected chi connectivity index (χ1v) is 13.2. The van der Waals surface area contributed by atoms with Gasteiger partial charge in [-0.15, -0.1) is 0 Å². The van der Waals surface area contributed by atoms with E-state index in [1.807, 2.05) is 0 Å². The lowest BCUT2D eigenvalue weighted by molar-refractivity contribution is -0.0429. The number of nitrogens with zero attached hydrogens (tertiary/aromatic N) is 2.